The fourth-order valence-electron chi connectivity index (χ4n) is 2.89. The molecule has 0 saturated carbocycles. The number of hydrogen-bond acceptors (Lipinski definition) is 5. The van der Waals surface area contributed by atoms with Crippen LogP contribution in [0.1, 0.15) is 10.4 Å². The molecule has 6 nitrogen and oxygen atoms in total. The Morgan fingerprint density at radius 1 is 0.926 bits per heavy atom. The Balaban J connectivity index is 2.00. The Bertz CT molecular complexity index is 1090. The molecule has 3 aromatic carbocycles. The summed E-state index contributed by atoms with van der Waals surface area (Å²) in [5, 5.41) is 1.49. The number of hydrogen-bond donors (Lipinski definition) is 1. The van der Waals surface area contributed by atoms with Crippen LogP contribution in [0.3, 0.4) is 0 Å². The van der Waals surface area contributed by atoms with Gasteiger partial charge in [0.15, 0.2) is 0 Å². The van der Waals surface area contributed by atoms with Crippen molar-refractivity contribution >= 4 is 38.1 Å². The highest BCUT2D eigenvalue weighted by Crippen LogP contribution is 2.31. The fraction of sp³-hybridized carbons (Fsp3) is 0.150. The second-order valence-corrected chi connectivity index (χ2v) is 7.85. The average molecular weight is 384 g/mol. The molecule has 3 rings (SSSR count). The third-order valence-corrected chi connectivity index (χ3v) is 5.63. The molecular formula is C20H20N2O4S. The van der Waals surface area contributed by atoms with E-state index < -0.39 is 16.0 Å². The minimum atomic E-state index is -3.81. The summed E-state index contributed by atoms with van der Waals surface area (Å²) in [6, 6.07) is 16.8. The Hall–Kier alpha value is -3.06. The number of ether oxygens (including phenoxy) is 1. The van der Waals surface area contributed by atoms with Gasteiger partial charge in [-0.05, 0) is 36.4 Å². The van der Waals surface area contributed by atoms with Crippen molar-refractivity contribution in [2.75, 3.05) is 30.8 Å². The first kappa shape index (κ1) is 18.7. The van der Waals surface area contributed by atoms with Crippen LogP contribution in [0.5, 0.6) is 0 Å². The van der Waals surface area contributed by atoms with Crippen molar-refractivity contribution in [3.63, 3.8) is 0 Å². The van der Waals surface area contributed by atoms with E-state index in [1.54, 1.807) is 18.2 Å². The molecule has 0 aromatic heterocycles. The van der Waals surface area contributed by atoms with Crippen molar-refractivity contribution in [1.82, 2.24) is 0 Å². The van der Waals surface area contributed by atoms with E-state index in [0.29, 0.717) is 16.6 Å². The van der Waals surface area contributed by atoms with Crippen molar-refractivity contribution < 1.29 is 17.9 Å². The lowest BCUT2D eigenvalue weighted by Crippen LogP contribution is -2.14. The smallest absolute Gasteiger partial charge is 0.337 e. The quantitative estimate of drug-likeness (QED) is 0.682. The van der Waals surface area contributed by atoms with E-state index in [4.69, 9.17) is 0 Å². The van der Waals surface area contributed by atoms with Crippen LogP contribution in [-0.4, -0.2) is 35.6 Å². The Morgan fingerprint density at radius 3 is 2.19 bits per heavy atom. The van der Waals surface area contributed by atoms with Gasteiger partial charge in [0, 0.05) is 36.2 Å². The molecule has 0 unspecified atom stereocenters. The fourth-order valence-corrected chi connectivity index (χ4v) is 4.17. The first-order valence-corrected chi connectivity index (χ1v) is 9.72. The predicted octanol–water partition coefficient (Wildman–Crippen LogP) is 3.49. The summed E-state index contributed by atoms with van der Waals surface area (Å²) in [6.45, 7) is 0. The number of carbonyl (C=O) groups excluding carboxylic acids is 1. The summed E-state index contributed by atoms with van der Waals surface area (Å²) in [4.78, 5) is 13.6. The van der Waals surface area contributed by atoms with Crippen molar-refractivity contribution in [3.8, 4) is 0 Å². The van der Waals surface area contributed by atoms with Gasteiger partial charge in [-0.2, -0.15) is 0 Å². The van der Waals surface area contributed by atoms with Crippen LogP contribution in [0, 0.1) is 0 Å². The zero-order valence-corrected chi connectivity index (χ0v) is 16.1. The van der Waals surface area contributed by atoms with Gasteiger partial charge in [-0.1, -0.05) is 24.3 Å². The van der Waals surface area contributed by atoms with Crippen molar-refractivity contribution in [1.29, 1.82) is 0 Å². The van der Waals surface area contributed by atoms with Gasteiger partial charge in [0.2, 0.25) is 0 Å². The molecule has 0 spiro atoms. The lowest BCUT2D eigenvalue weighted by atomic mass is 10.1. The minimum absolute atomic E-state index is 0.195. The second kappa shape index (κ2) is 7.28. The van der Waals surface area contributed by atoms with Gasteiger partial charge in [-0.15, -0.1) is 0 Å². The van der Waals surface area contributed by atoms with E-state index in [1.807, 2.05) is 37.2 Å². The van der Waals surface area contributed by atoms with Crippen LogP contribution < -0.4 is 9.62 Å². The second-order valence-electron chi connectivity index (χ2n) is 6.20. The van der Waals surface area contributed by atoms with E-state index in [-0.39, 0.29) is 4.90 Å². The molecule has 0 aliphatic carbocycles. The van der Waals surface area contributed by atoms with Gasteiger partial charge < -0.3 is 9.64 Å². The molecule has 27 heavy (non-hydrogen) atoms. The summed E-state index contributed by atoms with van der Waals surface area (Å²) < 4.78 is 33.1. The van der Waals surface area contributed by atoms with Crippen LogP contribution >= 0.6 is 0 Å². The lowest BCUT2D eigenvalue weighted by Gasteiger charge is -2.17. The molecule has 7 heteroatoms. The monoisotopic (exact) mass is 384 g/mol. The zero-order chi connectivity index (χ0) is 19.6. The molecular weight excluding hydrogens is 364 g/mol. The molecule has 0 aliphatic heterocycles. The Morgan fingerprint density at radius 2 is 1.56 bits per heavy atom. The molecule has 3 aromatic rings. The normalized spacial score (nSPS) is 11.2. The number of nitrogens with zero attached hydrogens (tertiary/aromatic N) is 1. The summed E-state index contributed by atoms with van der Waals surface area (Å²) >= 11 is 0. The van der Waals surface area contributed by atoms with E-state index in [2.05, 4.69) is 9.46 Å². The third-order valence-electron chi connectivity index (χ3n) is 4.19. The Kier molecular flexibility index (Phi) is 5.05. The van der Waals surface area contributed by atoms with Gasteiger partial charge in [-0.25, -0.2) is 13.2 Å². The minimum Gasteiger partial charge on any atom is -0.465 e. The van der Waals surface area contributed by atoms with E-state index in [0.717, 1.165) is 11.1 Å². The highest BCUT2D eigenvalue weighted by Gasteiger charge is 2.19. The predicted molar refractivity (Wildman–Crippen MR) is 107 cm³/mol. The largest absolute Gasteiger partial charge is 0.465 e. The first-order chi connectivity index (χ1) is 12.8. The molecule has 0 heterocycles. The maximum atomic E-state index is 13.0. The highest BCUT2D eigenvalue weighted by molar-refractivity contribution is 7.93. The van der Waals surface area contributed by atoms with E-state index >= 15 is 0 Å². The molecule has 0 saturated heterocycles. The van der Waals surface area contributed by atoms with Gasteiger partial charge in [-0.3, -0.25) is 4.72 Å². The number of benzene rings is 3. The zero-order valence-electron chi connectivity index (χ0n) is 15.3. The van der Waals surface area contributed by atoms with Crippen molar-refractivity contribution in [2.45, 2.75) is 4.90 Å². The van der Waals surface area contributed by atoms with Crippen LogP contribution in [-0.2, 0) is 14.8 Å². The van der Waals surface area contributed by atoms with E-state index in [1.165, 1.54) is 31.4 Å². The highest BCUT2D eigenvalue weighted by atomic mass is 32.2. The lowest BCUT2D eigenvalue weighted by molar-refractivity contribution is 0.0601. The number of nitrogens with one attached hydrogen (secondary N) is 1. The number of fused-ring (bicyclic) bond motifs is 1. The summed E-state index contributed by atoms with van der Waals surface area (Å²) in [7, 11) is 1.31. The first-order valence-electron chi connectivity index (χ1n) is 8.24. The van der Waals surface area contributed by atoms with Crippen LogP contribution in [0.25, 0.3) is 10.8 Å². The number of anilines is 2. The average Bonchev–Trinajstić information content (AvgIpc) is 2.66. The number of sulfonamides is 1. The summed E-state index contributed by atoms with van der Waals surface area (Å²) in [5.41, 5.74) is 1.65. The van der Waals surface area contributed by atoms with E-state index in [9.17, 15) is 13.2 Å². The van der Waals surface area contributed by atoms with Crippen LogP contribution in [0.2, 0.25) is 0 Å². The third kappa shape index (κ3) is 3.73. The molecule has 0 radical (unpaired) electrons. The van der Waals surface area contributed by atoms with Crippen molar-refractivity contribution in [2.24, 2.45) is 0 Å². The van der Waals surface area contributed by atoms with Crippen molar-refractivity contribution in [3.05, 3.63) is 66.2 Å². The maximum Gasteiger partial charge on any atom is 0.337 e. The summed E-state index contributed by atoms with van der Waals surface area (Å²) in [6.07, 6.45) is 0. The topological polar surface area (TPSA) is 75.7 Å². The number of carbonyl (C=O) groups is 1. The number of methoxy groups -OCH3 is 1. The maximum absolute atomic E-state index is 13.0. The summed E-state index contributed by atoms with van der Waals surface area (Å²) in [5.74, 6) is -0.477. The molecule has 0 aliphatic rings. The van der Waals surface area contributed by atoms with Gasteiger partial charge in [0.05, 0.1) is 17.6 Å². The number of esters is 1. The van der Waals surface area contributed by atoms with Gasteiger partial charge >= 0.3 is 5.97 Å². The molecule has 0 atom stereocenters. The molecule has 140 valence electrons. The van der Waals surface area contributed by atoms with Gasteiger partial charge in [0.25, 0.3) is 10.0 Å². The standard InChI is InChI=1S/C20H20N2O4S/c1-22(2)18-8-4-7-17-16(18)6-5-9-19(17)27(24,25)21-15-12-10-14(11-13-15)20(23)26-3/h4-13,21H,1-3H3. The molecule has 1 N–H and O–H groups in total. The van der Waals surface area contributed by atoms with Gasteiger partial charge in [0.1, 0.15) is 0 Å². The molecule has 0 bridgehead atoms. The number of rotatable bonds is 5. The van der Waals surface area contributed by atoms with Crippen LogP contribution in [0.4, 0.5) is 11.4 Å². The van der Waals surface area contributed by atoms with Crippen LogP contribution in [0.15, 0.2) is 65.6 Å². The SMILES string of the molecule is COC(=O)c1ccc(NS(=O)(=O)c2cccc3c(N(C)C)cccc23)cc1. The Labute approximate surface area is 158 Å². The molecule has 0 fully saturated rings. The molecule has 0 amide bonds.